The van der Waals surface area contributed by atoms with Gasteiger partial charge in [-0.2, -0.15) is 0 Å². The minimum absolute atomic E-state index is 0.137. The lowest BCUT2D eigenvalue weighted by Gasteiger charge is -2.29. The van der Waals surface area contributed by atoms with Crippen molar-refractivity contribution >= 4 is 12.3 Å². The molecule has 3 atom stereocenters. The molecule has 3 unspecified atom stereocenters. The Morgan fingerprint density at radius 1 is 1.53 bits per heavy atom. The number of ether oxygens (including phenoxy) is 1. The van der Waals surface area contributed by atoms with E-state index < -0.39 is 5.41 Å². The molecule has 0 amide bonds. The molecule has 0 heterocycles. The topological polar surface area (TPSA) is 43.4 Å². The Morgan fingerprint density at radius 3 is 3.00 bits per heavy atom. The number of rotatable bonds is 6. The summed E-state index contributed by atoms with van der Waals surface area (Å²) < 4.78 is 5.36. The highest BCUT2D eigenvalue weighted by molar-refractivity contribution is 5.83. The van der Waals surface area contributed by atoms with Crippen molar-refractivity contribution in [3.63, 3.8) is 0 Å². The molecule has 0 aromatic heterocycles. The summed E-state index contributed by atoms with van der Waals surface area (Å²) in [6.45, 7) is 2.63. The minimum atomic E-state index is -0.501. The van der Waals surface area contributed by atoms with Crippen LogP contribution in [0.2, 0.25) is 0 Å². The highest BCUT2D eigenvalue weighted by Crippen LogP contribution is 2.56. The number of carbonyl (C=O) groups is 2. The zero-order valence-corrected chi connectivity index (χ0v) is 10.5. The van der Waals surface area contributed by atoms with Crippen molar-refractivity contribution in [1.29, 1.82) is 0 Å². The highest BCUT2D eigenvalue weighted by atomic mass is 16.5. The molecular formula is C14H21O3. The first kappa shape index (κ1) is 12.6. The van der Waals surface area contributed by atoms with Crippen molar-refractivity contribution < 1.29 is 14.3 Å². The van der Waals surface area contributed by atoms with Gasteiger partial charge in [0.15, 0.2) is 0 Å². The summed E-state index contributed by atoms with van der Waals surface area (Å²) in [5, 5.41) is 0. The first-order chi connectivity index (χ1) is 8.23. The minimum Gasteiger partial charge on any atom is -0.465 e. The lowest BCUT2D eigenvalue weighted by Crippen LogP contribution is -2.37. The number of hydrogen-bond donors (Lipinski definition) is 0. The van der Waals surface area contributed by atoms with Gasteiger partial charge in [-0.1, -0.05) is 19.8 Å². The number of aldehydes is 1. The molecule has 0 aromatic rings. The molecule has 0 spiro atoms. The summed E-state index contributed by atoms with van der Waals surface area (Å²) in [6, 6.07) is 0. The van der Waals surface area contributed by atoms with Gasteiger partial charge in [-0.25, -0.2) is 0 Å². The van der Waals surface area contributed by atoms with E-state index in [-0.39, 0.29) is 11.9 Å². The van der Waals surface area contributed by atoms with Crippen LogP contribution in [0.3, 0.4) is 0 Å². The molecule has 2 aliphatic rings. The van der Waals surface area contributed by atoms with Crippen LogP contribution in [0.25, 0.3) is 0 Å². The standard InChI is InChI=1S/C14H21O3/c1-2-3-4-7-17-13(16)14-6-5-11(9-14)8-12(14)10-15/h8,10-12H,2-7,9H2,1H3. The van der Waals surface area contributed by atoms with Crippen molar-refractivity contribution in [2.45, 2.75) is 45.4 Å². The summed E-state index contributed by atoms with van der Waals surface area (Å²) in [5.74, 6) is 0.107. The van der Waals surface area contributed by atoms with E-state index in [1.165, 1.54) is 0 Å². The van der Waals surface area contributed by atoms with Crippen molar-refractivity contribution in [2.24, 2.45) is 17.3 Å². The molecule has 0 saturated heterocycles. The van der Waals surface area contributed by atoms with Gasteiger partial charge in [0.25, 0.3) is 0 Å². The fraction of sp³-hybridized carbons (Fsp3) is 0.786. The molecule has 3 nitrogen and oxygen atoms in total. The number of carbonyl (C=O) groups excluding carboxylic acids is 2. The van der Waals surface area contributed by atoms with E-state index in [1.807, 2.05) is 6.42 Å². The maximum atomic E-state index is 12.2. The third-order valence-electron chi connectivity index (χ3n) is 4.24. The van der Waals surface area contributed by atoms with Crippen LogP contribution in [0, 0.1) is 23.7 Å². The van der Waals surface area contributed by atoms with Gasteiger partial charge in [0, 0.05) is 5.92 Å². The third-order valence-corrected chi connectivity index (χ3v) is 4.24. The molecule has 0 N–H and O–H groups in total. The average molecular weight is 237 g/mol. The van der Waals surface area contributed by atoms with Crippen LogP contribution in [0.5, 0.6) is 0 Å². The SMILES string of the molecule is CCCCCOC(=O)C12CCC([CH]C1C=O)C2. The molecule has 2 fully saturated rings. The summed E-state index contributed by atoms with van der Waals surface area (Å²) in [4.78, 5) is 23.2. The van der Waals surface area contributed by atoms with Crippen LogP contribution in [-0.4, -0.2) is 18.9 Å². The van der Waals surface area contributed by atoms with Gasteiger partial charge in [0.1, 0.15) is 6.29 Å². The smallest absolute Gasteiger partial charge is 0.312 e. The maximum Gasteiger partial charge on any atom is 0.312 e. The maximum absolute atomic E-state index is 12.2. The summed E-state index contributed by atoms with van der Waals surface area (Å²) in [7, 11) is 0. The molecule has 2 aliphatic carbocycles. The van der Waals surface area contributed by atoms with Gasteiger partial charge in [0.2, 0.25) is 0 Å². The van der Waals surface area contributed by atoms with Crippen molar-refractivity contribution in [3.8, 4) is 0 Å². The van der Waals surface area contributed by atoms with E-state index in [2.05, 4.69) is 6.92 Å². The quantitative estimate of drug-likeness (QED) is 0.405. The third kappa shape index (κ3) is 2.24. The molecule has 2 rings (SSSR count). The zero-order valence-electron chi connectivity index (χ0n) is 10.5. The number of fused-ring (bicyclic) bond motifs is 2. The molecule has 95 valence electrons. The van der Waals surface area contributed by atoms with Crippen LogP contribution in [0.1, 0.15) is 45.4 Å². The van der Waals surface area contributed by atoms with Crippen LogP contribution in [0.4, 0.5) is 0 Å². The molecule has 3 heteroatoms. The second-order valence-electron chi connectivity index (χ2n) is 5.36. The second-order valence-corrected chi connectivity index (χ2v) is 5.36. The summed E-state index contributed by atoms with van der Waals surface area (Å²) in [5.41, 5.74) is -0.501. The van der Waals surface area contributed by atoms with Crippen LogP contribution < -0.4 is 0 Å². The Hall–Kier alpha value is -0.860. The van der Waals surface area contributed by atoms with Crippen LogP contribution in [-0.2, 0) is 14.3 Å². The van der Waals surface area contributed by atoms with E-state index in [0.29, 0.717) is 12.5 Å². The summed E-state index contributed by atoms with van der Waals surface area (Å²) >= 11 is 0. The first-order valence-corrected chi connectivity index (χ1v) is 6.70. The van der Waals surface area contributed by atoms with Crippen LogP contribution in [0.15, 0.2) is 0 Å². The van der Waals surface area contributed by atoms with Gasteiger partial charge in [-0.15, -0.1) is 0 Å². The number of unbranched alkanes of at least 4 members (excludes halogenated alkanes) is 2. The number of esters is 1. The molecule has 1 radical (unpaired) electrons. The predicted octanol–water partition coefficient (Wildman–Crippen LogP) is 2.54. The lowest BCUT2D eigenvalue weighted by molar-refractivity contribution is -0.158. The highest BCUT2D eigenvalue weighted by Gasteiger charge is 2.57. The van der Waals surface area contributed by atoms with E-state index in [1.54, 1.807) is 0 Å². The Kier molecular flexibility index (Phi) is 3.85. The Balaban J connectivity index is 1.90. The van der Waals surface area contributed by atoms with Gasteiger partial charge in [-0.3, -0.25) is 4.79 Å². The van der Waals surface area contributed by atoms with Gasteiger partial charge in [0.05, 0.1) is 12.0 Å². The Morgan fingerprint density at radius 2 is 2.35 bits per heavy atom. The van der Waals surface area contributed by atoms with Gasteiger partial charge >= 0.3 is 5.97 Å². The van der Waals surface area contributed by atoms with Crippen LogP contribution >= 0.6 is 0 Å². The fourth-order valence-electron chi connectivity index (χ4n) is 3.22. The van der Waals surface area contributed by atoms with Gasteiger partial charge in [-0.05, 0) is 38.0 Å². The number of hydrogen-bond acceptors (Lipinski definition) is 3. The van der Waals surface area contributed by atoms with E-state index in [9.17, 15) is 9.59 Å². The normalized spacial score (nSPS) is 34.9. The Labute approximate surface area is 103 Å². The zero-order chi connectivity index (χ0) is 12.3. The van der Waals surface area contributed by atoms with Crippen molar-refractivity contribution in [1.82, 2.24) is 0 Å². The molecule has 2 bridgehead atoms. The largest absolute Gasteiger partial charge is 0.465 e. The molecule has 0 aliphatic heterocycles. The first-order valence-electron chi connectivity index (χ1n) is 6.70. The van der Waals surface area contributed by atoms with E-state index in [0.717, 1.165) is 44.8 Å². The molecule has 17 heavy (non-hydrogen) atoms. The van der Waals surface area contributed by atoms with E-state index in [4.69, 9.17) is 4.74 Å². The monoisotopic (exact) mass is 237 g/mol. The predicted molar refractivity (Wildman–Crippen MR) is 64.1 cm³/mol. The molecule has 0 aromatic carbocycles. The van der Waals surface area contributed by atoms with Crippen molar-refractivity contribution in [3.05, 3.63) is 6.42 Å². The Bertz CT molecular complexity index is 300. The van der Waals surface area contributed by atoms with Gasteiger partial charge < -0.3 is 9.53 Å². The average Bonchev–Trinajstić information content (AvgIpc) is 2.92. The van der Waals surface area contributed by atoms with E-state index >= 15 is 0 Å². The summed E-state index contributed by atoms with van der Waals surface area (Å²) in [6.07, 6.45) is 8.79. The fourth-order valence-corrected chi connectivity index (χ4v) is 3.22. The molecule has 2 saturated carbocycles. The lowest BCUT2D eigenvalue weighted by atomic mass is 9.76. The van der Waals surface area contributed by atoms with Crippen molar-refractivity contribution in [2.75, 3.05) is 6.61 Å². The molecular weight excluding hydrogens is 216 g/mol. The second kappa shape index (κ2) is 5.19.